The van der Waals surface area contributed by atoms with Crippen LogP contribution in [0.2, 0.25) is 0 Å². The molecule has 0 radical (unpaired) electrons. The Labute approximate surface area is 160 Å². The van der Waals surface area contributed by atoms with E-state index in [2.05, 4.69) is 5.32 Å². The van der Waals surface area contributed by atoms with Gasteiger partial charge in [-0.25, -0.2) is 5.48 Å². The molecule has 6 nitrogen and oxygen atoms in total. The first kappa shape index (κ1) is 18.6. The molecule has 0 saturated carbocycles. The van der Waals surface area contributed by atoms with Crippen LogP contribution >= 0.6 is 11.3 Å². The van der Waals surface area contributed by atoms with Crippen molar-refractivity contribution in [1.29, 1.82) is 0 Å². The van der Waals surface area contributed by atoms with Crippen LogP contribution in [-0.4, -0.2) is 30.2 Å². The van der Waals surface area contributed by atoms with E-state index in [1.165, 1.54) is 23.5 Å². The second kappa shape index (κ2) is 8.98. The number of hydrogen-bond donors (Lipinski definition) is 3. The summed E-state index contributed by atoms with van der Waals surface area (Å²) in [6, 6.07) is 20.0. The zero-order valence-electron chi connectivity index (χ0n) is 14.3. The van der Waals surface area contributed by atoms with Crippen LogP contribution in [0.3, 0.4) is 0 Å². The maximum absolute atomic E-state index is 12.2. The summed E-state index contributed by atoms with van der Waals surface area (Å²) in [7, 11) is 0. The highest BCUT2D eigenvalue weighted by Crippen LogP contribution is 2.27. The summed E-state index contributed by atoms with van der Waals surface area (Å²) in [6.45, 7) is 0.657. The standard InChI is InChI=1S/C20H18N2O4S/c23-19(22-25)15-6-8-16(9-7-15)26-13-12-21-20(24)18-11-10-17(27-18)14-4-2-1-3-5-14/h1-11,25H,12-13H2,(H,21,24)(H,22,23). The van der Waals surface area contributed by atoms with Gasteiger partial charge in [-0.2, -0.15) is 0 Å². The van der Waals surface area contributed by atoms with Crippen LogP contribution in [0.5, 0.6) is 5.75 Å². The maximum Gasteiger partial charge on any atom is 0.274 e. The minimum absolute atomic E-state index is 0.138. The Kier molecular flexibility index (Phi) is 6.19. The highest BCUT2D eigenvalue weighted by atomic mass is 32.1. The van der Waals surface area contributed by atoms with Gasteiger partial charge < -0.3 is 10.1 Å². The summed E-state index contributed by atoms with van der Waals surface area (Å²) >= 11 is 1.44. The first-order valence-corrected chi connectivity index (χ1v) is 9.10. The number of hydrogen-bond acceptors (Lipinski definition) is 5. The van der Waals surface area contributed by atoms with Gasteiger partial charge in [0.15, 0.2) is 0 Å². The SMILES string of the molecule is O=C(NO)c1ccc(OCCNC(=O)c2ccc(-c3ccccc3)s2)cc1. The molecule has 3 rings (SSSR count). The van der Waals surface area contributed by atoms with Crippen molar-refractivity contribution in [3.8, 4) is 16.2 Å². The number of thiophene rings is 1. The summed E-state index contributed by atoms with van der Waals surface area (Å²) in [5.41, 5.74) is 2.98. The first-order chi connectivity index (χ1) is 13.2. The lowest BCUT2D eigenvalue weighted by atomic mass is 10.2. The van der Waals surface area contributed by atoms with Crippen LogP contribution < -0.4 is 15.5 Å². The van der Waals surface area contributed by atoms with E-state index in [0.717, 1.165) is 10.4 Å². The smallest absolute Gasteiger partial charge is 0.274 e. The van der Waals surface area contributed by atoms with E-state index in [1.54, 1.807) is 17.6 Å². The molecular formula is C20H18N2O4S. The molecule has 138 valence electrons. The molecular weight excluding hydrogens is 364 g/mol. The zero-order valence-corrected chi connectivity index (χ0v) is 15.2. The van der Waals surface area contributed by atoms with Crippen molar-refractivity contribution < 1.29 is 19.5 Å². The van der Waals surface area contributed by atoms with Gasteiger partial charge in [0.25, 0.3) is 11.8 Å². The fourth-order valence-corrected chi connectivity index (χ4v) is 3.33. The van der Waals surface area contributed by atoms with Gasteiger partial charge in [0.1, 0.15) is 12.4 Å². The van der Waals surface area contributed by atoms with E-state index in [-0.39, 0.29) is 5.91 Å². The first-order valence-electron chi connectivity index (χ1n) is 8.28. The summed E-state index contributed by atoms with van der Waals surface area (Å²) in [4.78, 5) is 25.2. The second-order valence-electron chi connectivity index (χ2n) is 5.60. The minimum Gasteiger partial charge on any atom is -0.492 e. The van der Waals surface area contributed by atoms with Crippen molar-refractivity contribution in [2.24, 2.45) is 0 Å². The normalized spacial score (nSPS) is 10.3. The molecule has 0 saturated heterocycles. The predicted molar refractivity (Wildman–Crippen MR) is 103 cm³/mol. The van der Waals surface area contributed by atoms with Crippen LogP contribution in [-0.2, 0) is 0 Å². The molecule has 0 unspecified atom stereocenters. The van der Waals surface area contributed by atoms with Gasteiger partial charge in [0.05, 0.1) is 11.4 Å². The van der Waals surface area contributed by atoms with Crippen molar-refractivity contribution in [3.05, 3.63) is 77.2 Å². The molecule has 3 N–H and O–H groups in total. The van der Waals surface area contributed by atoms with E-state index in [0.29, 0.717) is 29.3 Å². The van der Waals surface area contributed by atoms with E-state index in [9.17, 15) is 9.59 Å². The van der Waals surface area contributed by atoms with Crippen LogP contribution in [0.15, 0.2) is 66.7 Å². The van der Waals surface area contributed by atoms with Crippen molar-refractivity contribution in [2.75, 3.05) is 13.2 Å². The van der Waals surface area contributed by atoms with E-state index < -0.39 is 5.91 Å². The molecule has 1 heterocycles. The Morgan fingerprint density at radius 1 is 0.926 bits per heavy atom. The molecule has 3 aromatic rings. The number of benzene rings is 2. The highest BCUT2D eigenvalue weighted by molar-refractivity contribution is 7.17. The Balaban J connectivity index is 1.46. The van der Waals surface area contributed by atoms with Crippen molar-refractivity contribution in [1.82, 2.24) is 10.8 Å². The summed E-state index contributed by atoms with van der Waals surface area (Å²) in [5, 5.41) is 11.4. The average Bonchev–Trinajstić information content (AvgIpc) is 3.22. The molecule has 0 spiro atoms. The van der Waals surface area contributed by atoms with E-state index >= 15 is 0 Å². The van der Waals surface area contributed by atoms with Gasteiger partial charge in [-0.3, -0.25) is 14.8 Å². The topological polar surface area (TPSA) is 87.7 Å². The van der Waals surface area contributed by atoms with Crippen molar-refractivity contribution >= 4 is 23.2 Å². The molecule has 2 aromatic carbocycles. The van der Waals surface area contributed by atoms with Gasteiger partial charge in [-0.15, -0.1) is 11.3 Å². The van der Waals surface area contributed by atoms with Gasteiger partial charge in [0, 0.05) is 10.4 Å². The number of amides is 2. The third kappa shape index (κ3) is 4.93. The number of nitrogens with one attached hydrogen (secondary N) is 2. The molecule has 0 aliphatic carbocycles. The third-order valence-corrected chi connectivity index (χ3v) is 4.90. The lowest BCUT2D eigenvalue weighted by molar-refractivity contribution is 0.0706. The van der Waals surface area contributed by atoms with Crippen molar-refractivity contribution in [3.63, 3.8) is 0 Å². The molecule has 2 amide bonds. The summed E-state index contributed by atoms with van der Waals surface area (Å²) < 4.78 is 5.53. The predicted octanol–water partition coefficient (Wildman–Crippen LogP) is 3.34. The van der Waals surface area contributed by atoms with Crippen LogP contribution in [0.1, 0.15) is 20.0 Å². The lowest BCUT2D eigenvalue weighted by Gasteiger charge is -2.07. The molecule has 0 aliphatic rings. The molecule has 0 fully saturated rings. The summed E-state index contributed by atoms with van der Waals surface area (Å²) in [6.07, 6.45) is 0. The van der Waals surface area contributed by atoms with Gasteiger partial charge >= 0.3 is 0 Å². The number of rotatable bonds is 7. The van der Waals surface area contributed by atoms with Gasteiger partial charge in [-0.1, -0.05) is 30.3 Å². The minimum atomic E-state index is -0.584. The maximum atomic E-state index is 12.2. The van der Waals surface area contributed by atoms with Gasteiger partial charge in [0.2, 0.25) is 0 Å². The number of hydroxylamine groups is 1. The molecule has 0 bridgehead atoms. The molecule has 1 aromatic heterocycles. The van der Waals surface area contributed by atoms with E-state index in [1.807, 2.05) is 42.5 Å². The van der Waals surface area contributed by atoms with E-state index in [4.69, 9.17) is 9.94 Å². The Morgan fingerprint density at radius 2 is 1.67 bits per heavy atom. The van der Waals surface area contributed by atoms with Gasteiger partial charge in [-0.05, 0) is 42.0 Å². The number of carbonyl (C=O) groups is 2. The largest absolute Gasteiger partial charge is 0.492 e. The molecule has 0 atom stereocenters. The fourth-order valence-electron chi connectivity index (χ4n) is 2.41. The van der Waals surface area contributed by atoms with Crippen LogP contribution in [0.25, 0.3) is 10.4 Å². The van der Waals surface area contributed by atoms with Crippen LogP contribution in [0.4, 0.5) is 0 Å². The quantitative estimate of drug-likeness (QED) is 0.332. The Morgan fingerprint density at radius 3 is 2.37 bits per heavy atom. The number of carbonyl (C=O) groups excluding carboxylic acids is 2. The average molecular weight is 382 g/mol. The summed E-state index contributed by atoms with van der Waals surface area (Å²) in [5.74, 6) is -0.151. The highest BCUT2D eigenvalue weighted by Gasteiger charge is 2.10. The second-order valence-corrected chi connectivity index (χ2v) is 6.68. The number of ether oxygens (including phenoxy) is 1. The Bertz CT molecular complexity index is 907. The molecule has 27 heavy (non-hydrogen) atoms. The third-order valence-electron chi connectivity index (χ3n) is 3.76. The molecule has 7 heteroatoms. The fraction of sp³-hybridized carbons (Fsp3) is 0.100. The van der Waals surface area contributed by atoms with Crippen molar-refractivity contribution in [2.45, 2.75) is 0 Å². The zero-order chi connectivity index (χ0) is 19.1. The lowest BCUT2D eigenvalue weighted by Crippen LogP contribution is -2.27. The van der Waals surface area contributed by atoms with Crippen LogP contribution in [0, 0.1) is 0 Å². The Hall–Kier alpha value is -3.16. The monoisotopic (exact) mass is 382 g/mol. The molecule has 0 aliphatic heterocycles.